The van der Waals surface area contributed by atoms with Crippen LogP contribution in [0.5, 0.6) is 0 Å². The van der Waals surface area contributed by atoms with E-state index in [0.717, 1.165) is 43.1 Å². The Balaban J connectivity index is 2.97. The first kappa shape index (κ1) is 15.9. The maximum absolute atomic E-state index is 5.72. The minimum atomic E-state index is 0.427. The smallest absolute Gasteiger partial charge is 0.129 e. The normalized spacial score (nSPS) is 10.8. The van der Waals surface area contributed by atoms with Gasteiger partial charge >= 0.3 is 0 Å². The molecule has 0 aromatic carbocycles. The number of nitrogens with zero attached hydrogens (tertiary/aromatic N) is 3. The quantitative estimate of drug-likeness (QED) is 0.772. The molecule has 106 valence electrons. The molecule has 0 unspecified atom stereocenters. The van der Waals surface area contributed by atoms with Crippen molar-refractivity contribution in [2.24, 2.45) is 5.73 Å². The van der Waals surface area contributed by atoms with Gasteiger partial charge in [0.25, 0.3) is 0 Å². The number of pyridine rings is 1. The number of hydrogen-bond donors (Lipinski definition) is 1. The second-order valence-electron chi connectivity index (χ2n) is 5.01. The fourth-order valence-electron chi connectivity index (χ4n) is 1.89. The lowest BCUT2D eigenvalue weighted by atomic mass is 10.2. The third-order valence-electron chi connectivity index (χ3n) is 2.86. The summed E-state index contributed by atoms with van der Waals surface area (Å²) in [5, 5.41) is 0. The zero-order valence-electron chi connectivity index (χ0n) is 12.3. The van der Waals surface area contributed by atoms with E-state index in [1.165, 1.54) is 0 Å². The summed E-state index contributed by atoms with van der Waals surface area (Å²) in [7, 11) is 4.16. The van der Waals surface area contributed by atoms with Gasteiger partial charge < -0.3 is 15.5 Å². The molecule has 0 saturated heterocycles. The predicted octanol–water partition coefficient (Wildman–Crippen LogP) is 1.80. The Hall–Kier alpha value is -1.20. The number of rotatable bonds is 7. The first-order valence-electron chi connectivity index (χ1n) is 6.62. The number of aromatic nitrogens is 1. The summed E-state index contributed by atoms with van der Waals surface area (Å²) in [6.07, 6.45) is 1.09. The summed E-state index contributed by atoms with van der Waals surface area (Å²) in [6.45, 7) is 7.08. The Kier molecular flexibility index (Phi) is 6.18. The van der Waals surface area contributed by atoms with Gasteiger partial charge in [0.2, 0.25) is 0 Å². The van der Waals surface area contributed by atoms with Crippen LogP contribution < -0.4 is 10.6 Å². The second-order valence-corrected chi connectivity index (χ2v) is 5.45. The summed E-state index contributed by atoms with van der Waals surface area (Å²) in [5.74, 6) is 0.964. The summed E-state index contributed by atoms with van der Waals surface area (Å²) in [4.78, 5) is 9.49. The van der Waals surface area contributed by atoms with E-state index < -0.39 is 0 Å². The molecule has 0 radical (unpaired) electrons. The van der Waals surface area contributed by atoms with E-state index in [1.807, 2.05) is 19.1 Å². The highest BCUT2D eigenvalue weighted by atomic mass is 32.1. The minimum absolute atomic E-state index is 0.427. The highest BCUT2D eigenvalue weighted by molar-refractivity contribution is 7.80. The van der Waals surface area contributed by atoms with E-state index >= 15 is 0 Å². The molecule has 4 nitrogen and oxygen atoms in total. The summed E-state index contributed by atoms with van der Waals surface area (Å²) in [6, 6.07) is 3.92. The van der Waals surface area contributed by atoms with Crippen LogP contribution in [0.1, 0.15) is 24.6 Å². The van der Waals surface area contributed by atoms with Gasteiger partial charge in [-0.05, 0) is 39.6 Å². The molecule has 0 saturated carbocycles. The Bertz CT molecular complexity index is 431. The van der Waals surface area contributed by atoms with Crippen molar-refractivity contribution in [2.75, 3.05) is 38.6 Å². The molecule has 0 amide bonds. The molecule has 5 heteroatoms. The number of anilines is 1. The van der Waals surface area contributed by atoms with Gasteiger partial charge in [0.1, 0.15) is 10.8 Å². The monoisotopic (exact) mass is 280 g/mol. The maximum Gasteiger partial charge on any atom is 0.129 e. The van der Waals surface area contributed by atoms with Gasteiger partial charge in [0.15, 0.2) is 0 Å². The van der Waals surface area contributed by atoms with Crippen molar-refractivity contribution in [1.29, 1.82) is 0 Å². The van der Waals surface area contributed by atoms with Gasteiger partial charge in [-0.3, -0.25) is 0 Å². The van der Waals surface area contributed by atoms with Crippen LogP contribution in [0.2, 0.25) is 0 Å². The molecule has 1 aromatic heterocycles. The Labute approximate surface area is 121 Å². The molecule has 0 aliphatic heterocycles. The van der Waals surface area contributed by atoms with E-state index in [2.05, 4.69) is 35.8 Å². The molecule has 2 N–H and O–H groups in total. The molecule has 0 aliphatic rings. The van der Waals surface area contributed by atoms with Crippen LogP contribution in [0.3, 0.4) is 0 Å². The maximum atomic E-state index is 5.72. The van der Waals surface area contributed by atoms with Crippen LogP contribution in [0.4, 0.5) is 5.82 Å². The van der Waals surface area contributed by atoms with E-state index in [0.29, 0.717) is 4.99 Å². The highest BCUT2D eigenvalue weighted by Gasteiger charge is 2.10. The number of nitrogens with two attached hydrogens (primary N) is 1. The fourth-order valence-corrected chi connectivity index (χ4v) is 2.00. The van der Waals surface area contributed by atoms with Crippen molar-refractivity contribution < 1.29 is 0 Å². The molecule has 1 aromatic rings. The largest absolute Gasteiger partial charge is 0.389 e. The van der Waals surface area contributed by atoms with E-state index in [1.54, 1.807) is 0 Å². The average molecular weight is 280 g/mol. The summed E-state index contributed by atoms with van der Waals surface area (Å²) < 4.78 is 0. The lowest BCUT2D eigenvalue weighted by Gasteiger charge is -2.25. The van der Waals surface area contributed by atoms with Gasteiger partial charge in [0.05, 0.1) is 0 Å². The standard InChI is InChI=1S/C14H24N4S/c1-5-6-18(8-7-17(3)4)13-10-12(14(15)19)9-11(2)16-13/h9-10H,5-8H2,1-4H3,(H2,15,19). The molecule has 0 spiro atoms. The van der Waals surface area contributed by atoms with Gasteiger partial charge in [-0.1, -0.05) is 19.1 Å². The average Bonchev–Trinajstić information content (AvgIpc) is 2.33. The van der Waals surface area contributed by atoms with Crippen LogP contribution in [0.15, 0.2) is 12.1 Å². The van der Waals surface area contributed by atoms with Crippen molar-refractivity contribution >= 4 is 23.0 Å². The first-order chi connectivity index (χ1) is 8.93. The third-order valence-corrected chi connectivity index (χ3v) is 3.09. The van der Waals surface area contributed by atoms with Crippen molar-refractivity contribution in [3.05, 3.63) is 23.4 Å². The van der Waals surface area contributed by atoms with Crippen molar-refractivity contribution in [3.8, 4) is 0 Å². The van der Waals surface area contributed by atoms with Crippen LogP contribution in [0, 0.1) is 6.92 Å². The Morgan fingerprint density at radius 2 is 1.95 bits per heavy atom. The molecular formula is C14H24N4S. The van der Waals surface area contributed by atoms with Gasteiger partial charge in [-0.25, -0.2) is 4.98 Å². The van der Waals surface area contributed by atoms with E-state index in [-0.39, 0.29) is 0 Å². The number of hydrogen-bond acceptors (Lipinski definition) is 4. The first-order valence-corrected chi connectivity index (χ1v) is 7.03. The van der Waals surface area contributed by atoms with E-state index in [9.17, 15) is 0 Å². The minimum Gasteiger partial charge on any atom is -0.389 e. The Morgan fingerprint density at radius 1 is 1.26 bits per heavy atom. The van der Waals surface area contributed by atoms with Crippen LogP contribution in [0.25, 0.3) is 0 Å². The predicted molar refractivity (Wildman–Crippen MR) is 85.9 cm³/mol. The molecule has 0 atom stereocenters. The molecule has 0 fully saturated rings. The second kappa shape index (κ2) is 7.40. The third kappa shape index (κ3) is 5.12. The molecule has 1 rings (SSSR count). The van der Waals surface area contributed by atoms with Crippen molar-refractivity contribution in [3.63, 3.8) is 0 Å². The zero-order chi connectivity index (χ0) is 14.4. The van der Waals surface area contributed by atoms with Gasteiger partial charge in [-0.15, -0.1) is 0 Å². The number of aryl methyl sites for hydroxylation is 1. The Morgan fingerprint density at radius 3 is 2.47 bits per heavy atom. The number of thiocarbonyl (C=S) groups is 1. The van der Waals surface area contributed by atoms with Crippen molar-refractivity contribution in [1.82, 2.24) is 9.88 Å². The topological polar surface area (TPSA) is 45.4 Å². The lowest BCUT2D eigenvalue weighted by molar-refractivity contribution is 0.412. The van der Waals surface area contributed by atoms with Crippen LogP contribution in [-0.2, 0) is 0 Å². The molecular weight excluding hydrogens is 256 g/mol. The molecule has 1 heterocycles. The van der Waals surface area contributed by atoms with E-state index in [4.69, 9.17) is 18.0 Å². The lowest BCUT2D eigenvalue weighted by Crippen LogP contribution is -2.33. The SMILES string of the molecule is CCCN(CCN(C)C)c1cc(C(N)=S)cc(C)n1. The fraction of sp³-hybridized carbons (Fsp3) is 0.571. The van der Waals surface area contributed by atoms with Crippen LogP contribution >= 0.6 is 12.2 Å². The van der Waals surface area contributed by atoms with Gasteiger partial charge in [-0.2, -0.15) is 0 Å². The van der Waals surface area contributed by atoms with Crippen LogP contribution in [-0.4, -0.2) is 48.6 Å². The summed E-state index contributed by atoms with van der Waals surface area (Å²) in [5.41, 5.74) is 7.57. The zero-order valence-corrected chi connectivity index (χ0v) is 13.1. The summed E-state index contributed by atoms with van der Waals surface area (Å²) >= 11 is 5.06. The van der Waals surface area contributed by atoms with Gasteiger partial charge in [0, 0.05) is 30.9 Å². The molecule has 0 aliphatic carbocycles. The molecule has 0 bridgehead atoms. The highest BCUT2D eigenvalue weighted by Crippen LogP contribution is 2.15. The molecule has 19 heavy (non-hydrogen) atoms. The number of likely N-dealkylation sites (N-methyl/N-ethyl adjacent to an activating group) is 1. The van der Waals surface area contributed by atoms with Crippen molar-refractivity contribution in [2.45, 2.75) is 20.3 Å².